The number of carbonyl (C=O) groups excluding carboxylic acids is 4. The minimum Gasteiger partial charge on any atom is -0.497 e. The Morgan fingerprint density at radius 1 is 0.818 bits per heavy atom. The summed E-state index contributed by atoms with van der Waals surface area (Å²) in [6, 6.07) is 26.5. The first kappa shape index (κ1) is 27.3. The summed E-state index contributed by atoms with van der Waals surface area (Å²) >= 11 is 0. The van der Waals surface area contributed by atoms with Gasteiger partial charge in [-0.15, -0.1) is 0 Å². The molecule has 218 valence electrons. The second-order valence-corrected chi connectivity index (χ2v) is 11.2. The van der Waals surface area contributed by atoms with Crippen molar-refractivity contribution in [3.63, 3.8) is 0 Å². The number of ether oxygens (including phenoxy) is 2. The van der Waals surface area contributed by atoms with Gasteiger partial charge in [0.1, 0.15) is 23.0 Å². The van der Waals surface area contributed by atoms with E-state index >= 15 is 0 Å². The van der Waals surface area contributed by atoms with E-state index in [-0.39, 0.29) is 17.5 Å². The van der Waals surface area contributed by atoms with E-state index in [1.54, 1.807) is 48.5 Å². The third kappa shape index (κ3) is 3.98. The van der Waals surface area contributed by atoms with Gasteiger partial charge in [-0.1, -0.05) is 54.6 Å². The number of hydrogen-bond acceptors (Lipinski definition) is 7. The number of Topliss-reactive ketones (excluding diaryl/α,β-unsaturated/α-hetero) is 2. The number of nitrogens with zero attached hydrogens (tertiary/aromatic N) is 1. The number of ketones is 2. The van der Waals surface area contributed by atoms with Crippen molar-refractivity contribution in [2.75, 3.05) is 12.4 Å². The Labute approximate surface area is 253 Å². The van der Waals surface area contributed by atoms with Gasteiger partial charge >= 0.3 is 5.97 Å². The van der Waals surface area contributed by atoms with Gasteiger partial charge in [0, 0.05) is 29.9 Å². The molecule has 3 heterocycles. The van der Waals surface area contributed by atoms with Gasteiger partial charge in [0.15, 0.2) is 11.6 Å². The van der Waals surface area contributed by atoms with Crippen LogP contribution in [0, 0.1) is 5.92 Å². The number of esters is 1. The minimum atomic E-state index is -1.43. The van der Waals surface area contributed by atoms with Gasteiger partial charge in [-0.3, -0.25) is 19.2 Å². The number of nitrogens with one attached hydrogen (secondary N) is 1. The zero-order valence-corrected chi connectivity index (χ0v) is 24.0. The molecule has 1 amide bonds. The molecule has 0 bridgehead atoms. The van der Waals surface area contributed by atoms with E-state index < -0.39 is 29.4 Å². The van der Waals surface area contributed by atoms with E-state index in [0.717, 1.165) is 11.1 Å². The zero-order chi connectivity index (χ0) is 30.6. The van der Waals surface area contributed by atoms with E-state index in [0.29, 0.717) is 33.9 Å². The molecule has 4 aromatic rings. The van der Waals surface area contributed by atoms with Crippen molar-refractivity contribution in [3.8, 4) is 11.5 Å². The number of para-hydroxylation sites is 1. The monoisotopic (exact) mass is 584 g/mol. The summed E-state index contributed by atoms with van der Waals surface area (Å²) < 4.78 is 10.6. The summed E-state index contributed by atoms with van der Waals surface area (Å²) in [5.41, 5.74) is 2.28. The zero-order valence-electron chi connectivity index (χ0n) is 24.0. The predicted molar refractivity (Wildman–Crippen MR) is 163 cm³/mol. The molecule has 8 nitrogen and oxygen atoms in total. The highest BCUT2D eigenvalue weighted by Crippen LogP contribution is 2.62. The number of fused-ring (bicyclic) bond motifs is 6. The van der Waals surface area contributed by atoms with E-state index in [9.17, 15) is 19.2 Å². The van der Waals surface area contributed by atoms with Gasteiger partial charge < -0.3 is 19.7 Å². The Kier molecular flexibility index (Phi) is 6.43. The molecule has 0 saturated carbocycles. The quantitative estimate of drug-likeness (QED) is 0.179. The van der Waals surface area contributed by atoms with Gasteiger partial charge in [0.2, 0.25) is 5.91 Å². The maximum atomic E-state index is 14.9. The van der Waals surface area contributed by atoms with Crippen molar-refractivity contribution in [1.82, 2.24) is 4.90 Å². The molecule has 4 atom stereocenters. The number of amides is 1. The smallest absolute Gasteiger partial charge is 0.308 e. The molecule has 8 heteroatoms. The van der Waals surface area contributed by atoms with Gasteiger partial charge in [-0.05, 0) is 65.2 Å². The van der Waals surface area contributed by atoms with E-state index in [1.807, 2.05) is 65.7 Å². The number of methoxy groups -OCH3 is 1. The van der Waals surface area contributed by atoms with Crippen LogP contribution in [0.5, 0.6) is 11.5 Å². The molecule has 1 fully saturated rings. The van der Waals surface area contributed by atoms with Crippen LogP contribution in [-0.2, 0) is 15.0 Å². The molecule has 0 unspecified atom stereocenters. The summed E-state index contributed by atoms with van der Waals surface area (Å²) in [6.45, 7) is 1.30. The van der Waals surface area contributed by atoms with Crippen molar-refractivity contribution in [3.05, 3.63) is 131 Å². The van der Waals surface area contributed by atoms with Crippen LogP contribution in [0.4, 0.5) is 5.69 Å². The SMILES string of the molecule is COc1cccc(C(=O)[C@@H]2[C@H](C(=O)c3ccc(OC(C)=O)cc3)N3C=Cc4ccccc4[C@@H]3[C@]23C(=O)Nc2ccccc23)c1. The number of benzene rings is 4. The van der Waals surface area contributed by atoms with Crippen LogP contribution in [0.2, 0.25) is 0 Å². The lowest BCUT2D eigenvalue weighted by Crippen LogP contribution is -2.49. The van der Waals surface area contributed by atoms with Crippen LogP contribution >= 0.6 is 0 Å². The lowest BCUT2D eigenvalue weighted by molar-refractivity contribution is -0.131. The maximum Gasteiger partial charge on any atom is 0.308 e. The summed E-state index contributed by atoms with van der Waals surface area (Å²) in [5, 5.41) is 3.05. The van der Waals surface area contributed by atoms with Crippen LogP contribution in [0.3, 0.4) is 0 Å². The van der Waals surface area contributed by atoms with Crippen molar-refractivity contribution < 1.29 is 28.7 Å². The standard InChI is InChI=1S/C36H28N2O6/c1-21(39)44-25-16-14-23(15-17-25)33(41)31-30(32(40)24-9-7-10-26(20-24)43-2)36(28-12-5-6-13-29(28)37-35(36)42)34-27-11-4-3-8-22(27)18-19-38(31)34/h3-20,30-31,34H,1-2H3,(H,37,42)/t30-,31+,34+,36+/m0/s1. The predicted octanol–water partition coefficient (Wildman–Crippen LogP) is 5.60. The van der Waals surface area contributed by atoms with Crippen LogP contribution in [0.25, 0.3) is 6.08 Å². The number of hydrogen-bond donors (Lipinski definition) is 1. The molecule has 1 spiro atoms. The van der Waals surface area contributed by atoms with Crippen LogP contribution in [0.15, 0.2) is 103 Å². The number of rotatable bonds is 6. The van der Waals surface area contributed by atoms with E-state index in [2.05, 4.69) is 5.32 Å². The fourth-order valence-electron chi connectivity index (χ4n) is 7.15. The normalized spacial score (nSPS) is 22.5. The number of anilines is 1. The first-order valence-corrected chi connectivity index (χ1v) is 14.3. The largest absolute Gasteiger partial charge is 0.497 e. The summed E-state index contributed by atoms with van der Waals surface area (Å²) in [7, 11) is 1.52. The highest BCUT2D eigenvalue weighted by molar-refractivity contribution is 6.16. The third-order valence-electron chi connectivity index (χ3n) is 8.88. The third-order valence-corrected chi connectivity index (χ3v) is 8.88. The van der Waals surface area contributed by atoms with Gasteiger partial charge in [0.05, 0.1) is 19.1 Å². The number of carbonyl (C=O) groups is 4. The maximum absolute atomic E-state index is 14.9. The van der Waals surface area contributed by atoms with Crippen LogP contribution in [-0.4, -0.2) is 41.5 Å². The topological polar surface area (TPSA) is 102 Å². The van der Waals surface area contributed by atoms with Crippen molar-refractivity contribution in [2.45, 2.75) is 24.4 Å². The molecule has 7 rings (SSSR count). The molecule has 44 heavy (non-hydrogen) atoms. The lowest BCUT2D eigenvalue weighted by atomic mass is 9.62. The van der Waals surface area contributed by atoms with Crippen molar-refractivity contribution in [1.29, 1.82) is 0 Å². The Hall–Kier alpha value is -5.50. The van der Waals surface area contributed by atoms with Gasteiger partial charge in [0.25, 0.3) is 0 Å². The molecule has 0 radical (unpaired) electrons. The Morgan fingerprint density at radius 2 is 1.57 bits per heavy atom. The first-order chi connectivity index (χ1) is 21.3. The van der Waals surface area contributed by atoms with E-state index in [4.69, 9.17) is 9.47 Å². The second-order valence-electron chi connectivity index (χ2n) is 11.2. The average Bonchev–Trinajstić information content (AvgIpc) is 3.52. The Morgan fingerprint density at radius 3 is 2.34 bits per heavy atom. The van der Waals surface area contributed by atoms with Crippen LogP contribution in [0.1, 0.15) is 50.4 Å². The fourth-order valence-corrected chi connectivity index (χ4v) is 7.15. The molecular formula is C36H28N2O6. The summed E-state index contributed by atoms with van der Waals surface area (Å²) in [5.74, 6) is -1.80. The summed E-state index contributed by atoms with van der Waals surface area (Å²) in [4.78, 5) is 57.5. The molecular weight excluding hydrogens is 556 g/mol. The Balaban J connectivity index is 1.48. The second kappa shape index (κ2) is 10.3. The first-order valence-electron chi connectivity index (χ1n) is 14.3. The van der Waals surface area contributed by atoms with Gasteiger partial charge in [-0.2, -0.15) is 0 Å². The molecule has 3 aliphatic rings. The fraction of sp³-hybridized carbons (Fsp3) is 0.167. The van der Waals surface area contributed by atoms with Gasteiger partial charge in [-0.25, -0.2) is 0 Å². The lowest BCUT2D eigenvalue weighted by Gasteiger charge is -2.38. The molecule has 0 aliphatic carbocycles. The van der Waals surface area contributed by atoms with Crippen molar-refractivity contribution >= 4 is 35.2 Å². The molecule has 3 aliphatic heterocycles. The summed E-state index contributed by atoms with van der Waals surface area (Å²) in [6.07, 6.45) is 3.75. The van der Waals surface area contributed by atoms with Crippen LogP contribution < -0.4 is 14.8 Å². The highest BCUT2D eigenvalue weighted by Gasteiger charge is 2.70. The molecule has 0 aromatic heterocycles. The average molecular weight is 585 g/mol. The molecule has 1 N–H and O–H groups in total. The van der Waals surface area contributed by atoms with E-state index in [1.165, 1.54) is 14.0 Å². The molecule has 1 saturated heterocycles. The minimum absolute atomic E-state index is 0.301. The highest BCUT2D eigenvalue weighted by atomic mass is 16.5. The molecule has 4 aromatic carbocycles. The van der Waals surface area contributed by atoms with Crippen molar-refractivity contribution in [2.24, 2.45) is 5.92 Å². The Bertz CT molecular complexity index is 1880.